The zero-order chi connectivity index (χ0) is 36.7. The molecule has 0 aromatic heterocycles. The fourth-order valence-corrected chi connectivity index (χ4v) is 6.74. The summed E-state index contributed by atoms with van der Waals surface area (Å²) in [7, 11) is -4.79. The van der Waals surface area contributed by atoms with Crippen LogP contribution in [0.1, 0.15) is 226 Å². The first-order valence-electron chi connectivity index (χ1n) is 20.7. The van der Waals surface area contributed by atoms with Crippen molar-refractivity contribution in [1.29, 1.82) is 0 Å². The Morgan fingerprint density at radius 2 is 0.776 bits per heavy atom. The van der Waals surface area contributed by atoms with E-state index in [0.717, 1.165) is 25.8 Å². The summed E-state index contributed by atoms with van der Waals surface area (Å²) in [5, 5.41) is 6.57. The molecule has 0 aromatic rings. The molecule has 0 bridgehead atoms. The maximum Gasteiger partial charge on any atom is 0.327 e. The molecule has 8 nitrogen and oxygen atoms in total. The van der Waals surface area contributed by atoms with Crippen LogP contribution in [0.4, 0.5) is 0 Å². The van der Waals surface area contributed by atoms with Gasteiger partial charge < -0.3 is 15.6 Å². The number of hydrogen-bond donors (Lipinski definition) is 3. The number of aliphatic carboxylic acids is 1. The molecule has 0 fully saturated rings. The second-order valence-electron chi connectivity index (χ2n) is 14.2. The first-order valence-corrected chi connectivity index (χ1v) is 22.3. The number of rotatable bonds is 37. The molecule has 9 heteroatoms. The third-order valence-corrected chi connectivity index (χ3v) is 10.4. The number of hydrogen-bond acceptors (Lipinski definition) is 6. The standard InChI is InChI=1S/C22H42O7S.C18H39N/c1-2-3-4-5-6-7-8-9-10-11-12-13-14-15-16-17-18-29-22(25)20(19-21(23)24)30(26,27)28;1-2-3-4-5-6-7-8-9-10-11-12-13-14-15-16-17-18-19/h20H,2-19H2,1H3,(H,23,24)(H,26,27,28);2-19H2,1H3. The third-order valence-electron chi connectivity index (χ3n) is 9.28. The molecule has 294 valence electrons. The number of carbonyl (C=O) groups is 2. The number of carboxylic acid groups (broad SMARTS) is 1. The van der Waals surface area contributed by atoms with Gasteiger partial charge in [0.1, 0.15) is 0 Å². The molecule has 0 aliphatic carbocycles. The third kappa shape index (κ3) is 41.1. The van der Waals surface area contributed by atoms with Crippen LogP contribution in [-0.2, 0) is 24.4 Å². The first kappa shape index (κ1) is 49.9. The van der Waals surface area contributed by atoms with E-state index in [1.807, 2.05) is 0 Å². The van der Waals surface area contributed by atoms with Crippen molar-refractivity contribution in [3.63, 3.8) is 0 Å². The molecule has 0 aromatic carbocycles. The molecule has 0 saturated heterocycles. The largest absolute Gasteiger partial charge is 0.481 e. The highest BCUT2D eigenvalue weighted by Gasteiger charge is 2.34. The minimum Gasteiger partial charge on any atom is -0.481 e. The van der Waals surface area contributed by atoms with Gasteiger partial charge in [-0.2, -0.15) is 8.42 Å². The molecule has 49 heavy (non-hydrogen) atoms. The number of carboxylic acids is 1. The van der Waals surface area contributed by atoms with Gasteiger partial charge in [0.15, 0.2) is 5.25 Å². The van der Waals surface area contributed by atoms with E-state index in [2.05, 4.69) is 13.8 Å². The summed E-state index contributed by atoms with van der Waals surface area (Å²) in [6, 6.07) is 0. The highest BCUT2D eigenvalue weighted by molar-refractivity contribution is 7.87. The maximum absolute atomic E-state index is 11.7. The van der Waals surface area contributed by atoms with Crippen LogP contribution in [-0.4, -0.2) is 48.4 Å². The van der Waals surface area contributed by atoms with E-state index in [9.17, 15) is 18.0 Å². The summed E-state index contributed by atoms with van der Waals surface area (Å²) >= 11 is 0. The minimum atomic E-state index is -4.79. The van der Waals surface area contributed by atoms with E-state index in [1.165, 1.54) is 180 Å². The Morgan fingerprint density at radius 3 is 1.02 bits per heavy atom. The van der Waals surface area contributed by atoms with E-state index < -0.39 is 33.7 Å². The van der Waals surface area contributed by atoms with E-state index in [0.29, 0.717) is 6.42 Å². The summed E-state index contributed by atoms with van der Waals surface area (Å²) in [6.07, 6.45) is 41.4. The SMILES string of the molecule is CCCCCCCCCCCCCCCCCCN.CCCCCCCCCCCCCCCCCCOC(=O)C(CC(=O)O)S(=O)(=O)O. The van der Waals surface area contributed by atoms with Crippen LogP contribution in [0.5, 0.6) is 0 Å². The van der Waals surface area contributed by atoms with Gasteiger partial charge in [0.25, 0.3) is 10.1 Å². The van der Waals surface area contributed by atoms with Crippen molar-refractivity contribution >= 4 is 22.1 Å². The molecular formula is C40H81NO7S. The van der Waals surface area contributed by atoms with Crippen molar-refractivity contribution in [3.8, 4) is 0 Å². The lowest BCUT2D eigenvalue weighted by Crippen LogP contribution is -2.34. The maximum atomic E-state index is 11.7. The summed E-state index contributed by atoms with van der Waals surface area (Å²) in [6.45, 7) is 5.44. The second-order valence-corrected chi connectivity index (χ2v) is 15.8. The molecule has 1 atom stereocenters. The Hall–Kier alpha value is -1.19. The van der Waals surface area contributed by atoms with Crippen molar-refractivity contribution < 1.29 is 32.4 Å². The molecule has 0 rings (SSSR count). The van der Waals surface area contributed by atoms with Gasteiger partial charge in [-0.25, -0.2) is 0 Å². The van der Waals surface area contributed by atoms with E-state index in [-0.39, 0.29) is 6.61 Å². The van der Waals surface area contributed by atoms with E-state index >= 15 is 0 Å². The average Bonchev–Trinajstić information content (AvgIpc) is 3.06. The number of carbonyl (C=O) groups excluding carboxylic acids is 1. The van der Waals surface area contributed by atoms with Crippen LogP contribution in [0.2, 0.25) is 0 Å². The molecular weight excluding hydrogens is 639 g/mol. The first-order chi connectivity index (χ1) is 23.7. The summed E-state index contributed by atoms with van der Waals surface area (Å²) < 4.78 is 35.9. The molecule has 1 unspecified atom stereocenters. The van der Waals surface area contributed by atoms with Gasteiger partial charge in [0, 0.05) is 0 Å². The van der Waals surface area contributed by atoms with Crippen molar-refractivity contribution in [2.45, 2.75) is 231 Å². The molecule has 0 aliphatic heterocycles. The average molecular weight is 720 g/mol. The highest BCUT2D eigenvalue weighted by Crippen LogP contribution is 2.15. The van der Waals surface area contributed by atoms with Gasteiger partial charge >= 0.3 is 11.9 Å². The van der Waals surface area contributed by atoms with Crippen LogP contribution >= 0.6 is 0 Å². The van der Waals surface area contributed by atoms with E-state index in [4.69, 9.17) is 20.1 Å². The Balaban J connectivity index is 0. The van der Waals surface area contributed by atoms with Crippen molar-refractivity contribution in [3.05, 3.63) is 0 Å². The number of unbranched alkanes of at least 4 members (excludes halogenated alkanes) is 30. The topological polar surface area (TPSA) is 144 Å². The van der Waals surface area contributed by atoms with Crippen LogP contribution in [0.25, 0.3) is 0 Å². The highest BCUT2D eigenvalue weighted by atomic mass is 32.2. The van der Waals surface area contributed by atoms with Crippen LogP contribution in [0.3, 0.4) is 0 Å². The molecule has 0 amide bonds. The Bertz CT molecular complexity index is 790. The van der Waals surface area contributed by atoms with Crippen LogP contribution in [0.15, 0.2) is 0 Å². The normalized spacial score (nSPS) is 12.0. The monoisotopic (exact) mass is 720 g/mol. The quantitative estimate of drug-likeness (QED) is 0.0327. The lowest BCUT2D eigenvalue weighted by atomic mass is 10.0. The predicted molar refractivity (Wildman–Crippen MR) is 207 cm³/mol. The van der Waals surface area contributed by atoms with Gasteiger partial charge in [-0.1, -0.05) is 206 Å². The minimum absolute atomic E-state index is 0.0307. The Morgan fingerprint density at radius 1 is 0.510 bits per heavy atom. The van der Waals surface area contributed by atoms with Crippen molar-refractivity contribution in [2.75, 3.05) is 13.2 Å². The van der Waals surface area contributed by atoms with Crippen molar-refractivity contribution in [2.24, 2.45) is 5.73 Å². The molecule has 0 aliphatic rings. The number of esters is 1. The van der Waals surface area contributed by atoms with Crippen LogP contribution in [0, 0.1) is 0 Å². The van der Waals surface area contributed by atoms with E-state index in [1.54, 1.807) is 0 Å². The molecule has 4 N–H and O–H groups in total. The fourth-order valence-electron chi connectivity index (χ4n) is 6.08. The summed E-state index contributed by atoms with van der Waals surface area (Å²) in [5.41, 5.74) is 5.48. The Labute approximate surface area is 303 Å². The van der Waals surface area contributed by atoms with Gasteiger partial charge in [0.2, 0.25) is 0 Å². The predicted octanol–water partition coefficient (Wildman–Crippen LogP) is 11.7. The van der Waals surface area contributed by atoms with Gasteiger partial charge in [-0.05, 0) is 19.4 Å². The fraction of sp³-hybridized carbons (Fsp3) is 0.950. The van der Waals surface area contributed by atoms with Gasteiger partial charge in [-0.15, -0.1) is 0 Å². The lowest BCUT2D eigenvalue weighted by Gasteiger charge is -2.11. The zero-order valence-electron chi connectivity index (χ0n) is 32.2. The second kappa shape index (κ2) is 39.6. The molecule has 0 spiro atoms. The summed E-state index contributed by atoms with van der Waals surface area (Å²) in [5.74, 6) is -2.70. The Kier molecular flexibility index (Phi) is 40.3. The lowest BCUT2D eigenvalue weighted by molar-refractivity contribution is -0.147. The van der Waals surface area contributed by atoms with Gasteiger partial charge in [0.05, 0.1) is 13.0 Å². The molecule has 0 radical (unpaired) electrons. The van der Waals surface area contributed by atoms with Gasteiger partial charge in [-0.3, -0.25) is 14.1 Å². The zero-order valence-corrected chi connectivity index (χ0v) is 33.1. The molecule has 0 heterocycles. The number of ether oxygens (including phenoxy) is 1. The number of nitrogens with two attached hydrogens (primary N) is 1. The molecule has 0 saturated carbocycles. The smallest absolute Gasteiger partial charge is 0.327 e. The van der Waals surface area contributed by atoms with Crippen molar-refractivity contribution in [1.82, 2.24) is 0 Å². The summed E-state index contributed by atoms with van der Waals surface area (Å²) in [4.78, 5) is 22.3. The van der Waals surface area contributed by atoms with Crippen LogP contribution < -0.4 is 5.73 Å².